The maximum Gasteiger partial charge on any atom is 0.148 e. The third-order valence-corrected chi connectivity index (χ3v) is 8.36. The zero-order valence-corrected chi connectivity index (χ0v) is 28.1. The molecule has 0 aliphatic carbocycles. The van der Waals surface area contributed by atoms with Crippen LogP contribution in [0.2, 0.25) is 6.82 Å². The number of allylic oxidation sites excluding steroid dienone is 4. The van der Waals surface area contributed by atoms with Gasteiger partial charge in [0.25, 0.3) is 0 Å². The van der Waals surface area contributed by atoms with E-state index in [-0.39, 0.29) is 0 Å². The first kappa shape index (κ1) is 33.1. The van der Waals surface area contributed by atoms with Crippen LogP contribution in [0.15, 0.2) is 132 Å². The average Bonchev–Trinajstić information content (AvgIpc) is 3.07. The first-order valence-electron chi connectivity index (χ1n) is 16.0. The average molecular weight is 645 g/mol. The third-order valence-electron chi connectivity index (χ3n) is 7.83. The SMILES string of the molecule is C=C/C=C(Br)\C=C/CN(c1ccc(CCCC)cc1)c1ccc(N(c2ccc([B]C)cc2)c2ccc(CCCC)cc2)cc1. The number of hydrogen-bond acceptors (Lipinski definition) is 2. The minimum absolute atomic E-state index is 0.742. The van der Waals surface area contributed by atoms with E-state index in [9.17, 15) is 0 Å². The molecule has 0 amide bonds. The first-order valence-corrected chi connectivity index (χ1v) is 16.7. The second kappa shape index (κ2) is 17.5. The summed E-state index contributed by atoms with van der Waals surface area (Å²) < 4.78 is 1.00. The van der Waals surface area contributed by atoms with E-state index in [1.54, 1.807) is 6.08 Å². The molecule has 225 valence electrons. The van der Waals surface area contributed by atoms with Crippen molar-refractivity contribution in [2.45, 2.75) is 59.2 Å². The molecule has 0 aliphatic heterocycles. The molecule has 0 saturated heterocycles. The van der Waals surface area contributed by atoms with Gasteiger partial charge in [0.1, 0.15) is 7.28 Å². The Hall–Kier alpha value is -3.76. The highest BCUT2D eigenvalue weighted by atomic mass is 79.9. The van der Waals surface area contributed by atoms with Crippen LogP contribution in [0.4, 0.5) is 28.4 Å². The van der Waals surface area contributed by atoms with Gasteiger partial charge in [-0.15, -0.1) is 0 Å². The number of benzene rings is 4. The highest BCUT2D eigenvalue weighted by Crippen LogP contribution is 2.36. The summed E-state index contributed by atoms with van der Waals surface area (Å²) in [4.78, 5) is 4.70. The van der Waals surface area contributed by atoms with Crippen molar-refractivity contribution in [2.24, 2.45) is 0 Å². The van der Waals surface area contributed by atoms with E-state index in [0.29, 0.717) is 0 Å². The number of nitrogens with zero attached hydrogens (tertiary/aromatic N) is 2. The Balaban J connectivity index is 1.68. The van der Waals surface area contributed by atoms with E-state index in [4.69, 9.17) is 0 Å². The van der Waals surface area contributed by atoms with E-state index in [1.165, 1.54) is 48.0 Å². The fourth-order valence-corrected chi connectivity index (χ4v) is 5.63. The van der Waals surface area contributed by atoms with E-state index in [2.05, 4.69) is 169 Å². The first-order chi connectivity index (χ1) is 21.6. The van der Waals surface area contributed by atoms with Crippen molar-refractivity contribution in [1.82, 2.24) is 0 Å². The molecule has 0 saturated carbocycles. The fourth-order valence-electron chi connectivity index (χ4n) is 5.26. The largest absolute Gasteiger partial charge is 0.338 e. The standard InChI is InChI=1S/C40H45BBrN2/c1-5-8-12-32-15-21-36(22-16-32)43(31-10-14-35(42)11-7-3)37-27-29-40(30-28-37)44(39-25-19-34(41-4)20-26-39)38-23-17-33(18-24-38)13-9-6-2/h7,10-11,14-30H,3,5-6,8-9,12-13,31H2,1-2,4H3/b14-10-,35-11+. The van der Waals surface area contributed by atoms with Crippen molar-refractivity contribution in [2.75, 3.05) is 16.3 Å². The van der Waals surface area contributed by atoms with Crippen LogP contribution in [0.25, 0.3) is 0 Å². The zero-order chi connectivity index (χ0) is 31.1. The number of rotatable bonds is 16. The van der Waals surface area contributed by atoms with Crippen LogP contribution in [0.3, 0.4) is 0 Å². The molecular weight excluding hydrogens is 599 g/mol. The minimum atomic E-state index is 0.742. The van der Waals surface area contributed by atoms with Gasteiger partial charge in [0.2, 0.25) is 0 Å². The molecule has 0 N–H and O–H groups in total. The summed E-state index contributed by atoms with van der Waals surface area (Å²) in [5.74, 6) is 0. The van der Waals surface area contributed by atoms with Gasteiger partial charge in [-0.2, -0.15) is 0 Å². The monoisotopic (exact) mass is 643 g/mol. The Kier molecular flexibility index (Phi) is 13.2. The summed E-state index contributed by atoms with van der Waals surface area (Å²) in [7, 11) is 2.14. The van der Waals surface area contributed by atoms with E-state index < -0.39 is 0 Å². The molecule has 4 heteroatoms. The molecule has 0 heterocycles. The highest BCUT2D eigenvalue weighted by molar-refractivity contribution is 9.11. The van der Waals surface area contributed by atoms with Gasteiger partial charge in [-0.25, -0.2) is 0 Å². The van der Waals surface area contributed by atoms with Crippen molar-refractivity contribution in [3.05, 3.63) is 144 Å². The van der Waals surface area contributed by atoms with Gasteiger partial charge in [0.15, 0.2) is 0 Å². The molecule has 4 aromatic carbocycles. The number of anilines is 5. The second-order valence-corrected chi connectivity index (χ2v) is 12.0. The van der Waals surface area contributed by atoms with Gasteiger partial charge in [-0.05, 0) is 104 Å². The normalized spacial score (nSPS) is 11.5. The molecule has 0 fully saturated rings. The number of halogens is 1. The quantitative estimate of drug-likeness (QED) is 0.0885. The van der Waals surface area contributed by atoms with Crippen molar-refractivity contribution in [3.8, 4) is 0 Å². The number of unbranched alkanes of at least 4 members (excludes halogenated alkanes) is 2. The summed E-state index contributed by atoms with van der Waals surface area (Å²) in [5.41, 5.74) is 9.76. The second-order valence-electron chi connectivity index (χ2n) is 11.1. The van der Waals surface area contributed by atoms with Gasteiger partial charge in [0, 0.05) is 39.5 Å². The van der Waals surface area contributed by atoms with Gasteiger partial charge >= 0.3 is 0 Å². The zero-order valence-electron chi connectivity index (χ0n) is 26.6. The highest BCUT2D eigenvalue weighted by Gasteiger charge is 2.15. The minimum Gasteiger partial charge on any atom is -0.338 e. The van der Waals surface area contributed by atoms with Gasteiger partial charge in [-0.3, -0.25) is 0 Å². The van der Waals surface area contributed by atoms with Crippen molar-refractivity contribution in [1.29, 1.82) is 0 Å². The predicted octanol–water partition coefficient (Wildman–Crippen LogP) is 11.4. The Bertz CT molecular complexity index is 1490. The van der Waals surface area contributed by atoms with Crippen LogP contribution in [0, 0.1) is 0 Å². The van der Waals surface area contributed by atoms with Crippen LogP contribution in [-0.2, 0) is 12.8 Å². The van der Waals surface area contributed by atoms with E-state index in [0.717, 1.165) is 46.6 Å². The Labute approximate surface area is 275 Å². The van der Waals surface area contributed by atoms with Crippen LogP contribution < -0.4 is 15.3 Å². The van der Waals surface area contributed by atoms with Crippen molar-refractivity contribution in [3.63, 3.8) is 0 Å². The maximum absolute atomic E-state index is 3.80. The van der Waals surface area contributed by atoms with Crippen LogP contribution in [0.5, 0.6) is 0 Å². The smallest absolute Gasteiger partial charge is 0.148 e. The summed E-state index contributed by atoms with van der Waals surface area (Å²) in [6.45, 7) is 11.1. The van der Waals surface area contributed by atoms with Gasteiger partial charge < -0.3 is 9.80 Å². The molecule has 0 bridgehead atoms. The van der Waals surface area contributed by atoms with Crippen molar-refractivity contribution < 1.29 is 0 Å². The molecular formula is C40H45BBrN2. The van der Waals surface area contributed by atoms with Gasteiger partial charge in [-0.1, -0.05) is 116 Å². The van der Waals surface area contributed by atoms with Crippen molar-refractivity contribution >= 4 is 57.1 Å². The molecule has 0 aliphatic rings. The summed E-state index contributed by atoms with van der Waals surface area (Å²) >= 11 is 3.61. The molecule has 44 heavy (non-hydrogen) atoms. The lowest BCUT2D eigenvalue weighted by Crippen LogP contribution is -2.17. The predicted molar refractivity (Wildman–Crippen MR) is 199 cm³/mol. The summed E-state index contributed by atoms with van der Waals surface area (Å²) in [5, 5.41) is 0. The van der Waals surface area contributed by atoms with Crippen LogP contribution in [-0.4, -0.2) is 13.8 Å². The van der Waals surface area contributed by atoms with E-state index in [1.807, 2.05) is 6.08 Å². The molecule has 0 unspecified atom stereocenters. The molecule has 0 aromatic heterocycles. The Morgan fingerprint density at radius 3 is 1.57 bits per heavy atom. The molecule has 4 aromatic rings. The molecule has 0 atom stereocenters. The van der Waals surface area contributed by atoms with E-state index >= 15 is 0 Å². The van der Waals surface area contributed by atoms with Gasteiger partial charge in [0.05, 0.1) is 0 Å². The Morgan fingerprint density at radius 1 is 0.682 bits per heavy atom. The summed E-state index contributed by atoms with van der Waals surface area (Å²) in [6.07, 6.45) is 15.1. The number of hydrogen-bond donors (Lipinski definition) is 0. The Morgan fingerprint density at radius 2 is 1.11 bits per heavy atom. The lowest BCUT2D eigenvalue weighted by Gasteiger charge is -2.28. The lowest BCUT2D eigenvalue weighted by atomic mass is 9.73. The fraction of sp³-hybridized carbons (Fsp3) is 0.250. The summed E-state index contributed by atoms with van der Waals surface area (Å²) in [6, 6.07) is 35.8. The third kappa shape index (κ3) is 9.37. The molecule has 1 radical (unpaired) electrons. The maximum atomic E-state index is 3.80. The topological polar surface area (TPSA) is 6.48 Å². The van der Waals surface area contributed by atoms with Crippen LogP contribution >= 0.6 is 15.9 Å². The lowest BCUT2D eigenvalue weighted by molar-refractivity contribution is 0.795. The molecule has 2 nitrogen and oxygen atoms in total. The van der Waals surface area contributed by atoms with Crippen LogP contribution in [0.1, 0.15) is 50.7 Å². The number of aryl methyl sites for hydroxylation is 2. The molecule has 4 rings (SSSR count). The molecule has 0 spiro atoms.